The molecule has 0 aliphatic rings. The van der Waals surface area contributed by atoms with E-state index in [-0.39, 0.29) is 16.9 Å². The summed E-state index contributed by atoms with van der Waals surface area (Å²) in [4.78, 5) is 25.3. The number of nitrogens with one attached hydrogen (secondary N) is 1. The summed E-state index contributed by atoms with van der Waals surface area (Å²) in [6, 6.07) is 20.9. The molecule has 6 nitrogen and oxygen atoms in total. The first-order valence-corrected chi connectivity index (χ1v) is 10.5. The van der Waals surface area contributed by atoms with Gasteiger partial charge in [0.05, 0.1) is 29.7 Å². The number of ether oxygens (including phenoxy) is 1. The zero-order valence-electron chi connectivity index (χ0n) is 18.8. The van der Waals surface area contributed by atoms with Crippen LogP contribution < -0.4 is 5.32 Å². The van der Waals surface area contributed by atoms with Gasteiger partial charge in [-0.25, -0.2) is 4.79 Å². The second-order valence-electron chi connectivity index (χ2n) is 7.86. The molecule has 180 valence electrons. The maximum absolute atomic E-state index is 14.3. The summed E-state index contributed by atoms with van der Waals surface area (Å²) in [6.07, 6.45) is -5.40. The molecule has 4 aromatic rings. The van der Waals surface area contributed by atoms with Gasteiger partial charge in [0.1, 0.15) is 0 Å². The molecule has 0 aliphatic carbocycles. The highest BCUT2D eigenvalue weighted by molar-refractivity contribution is 6.05. The number of carbonyl (C=O) groups excluding carboxylic acids is 2. The third kappa shape index (κ3) is 3.93. The first-order valence-electron chi connectivity index (χ1n) is 10.5. The van der Waals surface area contributed by atoms with E-state index < -0.39 is 29.3 Å². The Morgan fingerprint density at radius 2 is 1.51 bits per heavy atom. The molecule has 0 spiro atoms. The van der Waals surface area contributed by atoms with Gasteiger partial charge in [0.2, 0.25) is 0 Å². The Bertz CT molecular complexity index is 1410. The number of fused-ring (bicyclic) bond motifs is 1. The number of aryl methyl sites for hydroxylation is 1. The fourth-order valence-electron chi connectivity index (χ4n) is 4.14. The molecule has 2 N–H and O–H groups in total. The van der Waals surface area contributed by atoms with E-state index >= 15 is 0 Å². The molecule has 3 aromatic carbocycles. The molecule has 1 aromatic heterocycles. The fraction of sp³-hybridized carbons (Fsp3) is 0.154. The number of rotatable bonds is 5. The number of aromatic nitrogens is 1. The number of halogens is 3. The summed E-state index contributed by atoms with van der Waals surface area (Å²) in [5.74, 6) is -2.35. The Hall–Kier alpha value is -4.11. The van der Waals surface area contributed by atoms with Crippen molar-refractivity contribution in [2.45, 2.75) is 18.7 Å². The second kappa shape index (κ2) is 8.92. The number of aliphatic hydroxyl groups is 1. The number of alkyl halides is 3. The minimum atomic E-state index is -5.40. The quantitative estimate of drug-likeness (QED) is 0.387. The van der Waals surface area contributed by atoms with Crippen LogP contribution in [0.1, 0.15) is 21.6 Å². The third-order valence-electron chi connectivity index (χ3n) is 5.79. The van der Waals surface area contributed by atoms with Crippen LogP contribution in [0.5, 0.6) is 0 Å². The average molecular weight is 482 g/mol. The smallest absolute Gasteiger partial charge is 0.434 e. The molecular weight excluding hydrogens is 461 g/mol. The Balaban J connectivity index is 2.02. The van der Waals surface area contributed by atoms with Crippen molar-refractivity contribution >= 4 is 28.5 Å². The van der Waals surface area contributed by atoms with Gasteiger partial charge in [-0.05, 0) is 42.8 Å². The molecule has 9 heteroatoms. The molecule has 0 saturated carbocycles. The summed E-state index contributed by atoms with van der Waals surface area (Å²) < 4.78 is 48.5. The van der Waals surface area contributed by atoms with Gasteiger partial charge in [-0.15, -0.1) is 0 Å². The van der Waals surface area contributed by atoms with E-state index in [9.17, 15) is 27.9 Å². The van der Waals surface area contributed by atoms with Crippen LogP contribution in [0.2, 0.25) is 0 Å². The number of hydrogen-bond acceptors (Lipinski definition) is 4. The maximum atomic E-state index is 14.3. The summed E-state index contributed by atoms with van der Waals surface area (Å²) in [5.41, 5.74) is -3.71. The predicted molar refractivity (Wildman–Crippen MR) is 124 cm³/mol. The van der Waals surface area contributed by atoms with Crippen molar-refractivity contribution in [3.05, 3.63) is 95.7 Å². The number of nitrogens with zero attached hydrogens (tertiary/aromatic N) is 1. The molecule has 0 bridgehead atoms. The van der Waals surface area contributed by atoms with E-state index in [1.165, 1.54) is 19.1 Å². The van der Waals surface area contributed by atoms with Crippen LogP contribution in [0.25, 0.3) is 16.6 Å². The monoisotopic (exact) mass is 482 g/mol. The molecule has 35 heavy (non-hydrogen) atoms. The molecule has 1 heterocycles. The van der Waals surface area contributed by atoms with Gasteiger partial charge >= 0.3 is 12.1 Å². The Morgan fingerprint density at radius 3 is 2.17 bits per heavy atom. The third-order valence-corrected chi connectivity index (χ3v) is 5.79. The maximum Gasteiger partial charge on any atom is 0.434 e. The van der Waals surface area contributed by atoms with Crippen LogP contribution in [0.3, 0.4) is 0 Å². The molecule has 0 radical (unpaired) electrons. The topological polar surface area (TPSA) is 80.6 Å². The van der Waals surface area contributed by atoms with Crippen LogP contribution >= 0.6 is 0 Å². The molecule has 4 rings (SSSR count). The first kappa shape index (κ1) is 24.0. The second-order valence-corrected chi connectivity index (χ2v) is 7.86. The van der Waals surface area contributed by atoms with Crippen molar-refractivity contribution < 1.29 is 32.6 Å². The lowest BCUT2D eigenvalue weighted by Gasteiger charge is -2.30. The zero-order valence-corrected chi connectivity index (χ0v) is 18.8. The molecule has 1 amide bonds. The van der Waals surface area contributed by atoms with Crippen LogP contribution in [0.4, 0.5) is 18.9 Å². The van der Waals surface area contributed by atoms with E-state index in [1.54, 1.807) is 66.7 Å². The van der Waals surface area contributed by atoms with Crippen molar-refractivity contribution in [1.82, 2.24) is 4.57 Å². The molecule has 0 saturated heterocycles. The number of carbonyl (C=O) groups is 2. The van der Waals surface area contributed by atoms with Gasteiger partial charge in [-0.2, -0.15) is 13.2 Å². The number of esters is 1. The largest absolute Gasteiger partial charge is 0.466 e. The Kier molecular flexibility index (Phi) is 6.12. The van der Waals surface area contributed by atoms with Crippen LogP contribution in [0, 0.1) is 6.92 Å². The number of benzene rings is 3. The van der Waals surface area contributed by atoms with Gasteiger partial charge in [0.25, 0.3) is 11.5 Å². The summed E-state index contributed by atoms with van der Waals surface area (Å²) in [7, 11) is 0.773. The fourth-order valence-corrected chi connectivity index (χ4v) is 4.14. The van der Waals surface area contributed by atoms with E-state index in [0.717, 1.165) is 11.7 Å². The molecule has 1 atom stereocenters. The summed E-state index contributed by atoms with van der Waals surface area (Å²) in [5, 5.41) is 14.1. The Labute approximate surface area is 198 Å². The summed E-state index contributed by atoms with van der Waals surface area (Å²) >= 11 is 0. The van der Waals surface area contributed by atoms with Crippen LogP contribution in [-0.2, 0) is 15.1 Å². The minimum Gasteiger partial charge on any atom is -0.466 e. The first-order chi connectivity index (χ1) is 16.6. The SMILES string of the molecule is COC(=O)C(O)(c1c(C)c2ccccc2n1-c1ccccc1NC(=O)c1ccccc1)C(F)(F)F. The van der Waals surface area contributed by atoms with Gasteiger partial charge in [0.15, 0.2) is 0 Å². The van der Waals surface area contributed by atoms with E-state index in [2.05, 4.69) is 10.1 Å². The lowest BCUT2D eigenvalue weighted by molar-refractivity contribution is -0.268. The molecule has 1 unspecified atom stereocenters. The van der Waals surface area contributed by atoms with Crippen molar-refractivity contribution in [1.29, 1.82) is 0 Å². The minimum absolute atomic E-state index is 0.0370. The lowest BCUT2D eigenvalue weighted by Crippen LogP contribution is -2.51. The normalized spacial score (nSPS) is 13.3. The van der Waals surface area contributed by atoms with Gasteiger partial charge < -0.3 is 19.7 Å². The van der Waals surface area contributed by atoms with Crippen molar-refractivity contribution in [2.75, 3.05) is 12.4 Å². The number of hydrogen-bond donors (Lipinski definition) is 2. The average Bonchev–Trinajstić information content (AvgIpc) is 3.15. The highest BCUT2D eigenvalue weighted by Gasteiger charge is 2.64. The van der Waals surface area contributed by atoms with Gasteiger partial charge in [0, 0.05) is 10.9 Å². The highest BCUT2D eigenvalue weighted by atomic mass is 19.4. The molecule has 0 fully saturated rings. The zero-order chi connectivity index (χ0) is 25.4. The van der Waals surface area contributed by atoms with Crippen molar-refractivity contribution in [3.8, 4) is 5.69 Å². The van der Waals surface area contributed by atoms with Gasteiger partial charge in [-0.3, -0.25) is 4.79 Å². The number of anilines is 1. The van der Waals surface area contributed by atoms with Crippen LogP contribution in [0.15, 0.2) is 78.9 Å². The molecular formula is C26H21F3N2O4. The van der Waals surface area contributed by atoms with E-state index in [0.29, 0.717) is 16.5 Å². The lowest BCUT2D eigenvalue weighted by atomic mass is 9.94. The van der Waals surface area contributed by atoms with Crippen LogP contribution in [-0.4, -0.2) is 34.8 Å². The van der Waals surface area contributed by atoms with Gasteiger partial charge in [-0.1, -0.05) is 48.5 Å². The Morgan fingerprint density at radius 1 is 0.914 bits per heavy atom. The number of methoxy groups -OCH3 is 1. The summed E-state index contributed by atoms with van der Waals surface area (Å²) in [6.45, 7) is 1.39. The van der Waals surface area contributed by atoms with Crippen molar-refractivity contribution in [3.63, 3.8) is 0 Å². The molecule has 0 aliphatic heterocycles. The number of para-hydroxylation sites is 3. The standard InChI is InChI=1S/C26H21F3N2O4/c1-16-18-12-6-8-14-20(18)31(22(16)25(34,24(33)35-2)26(27,28)29)21-15-9-7-13-19(21)30-23(32)17-10-4-3-5-11-17/h3-15,34H,1-2H3,(H,30,32). The van der Waals surface area contributed by atoms with E-state index in [1.807, 2.05) is 0 Å². The van der Waals surface area contributed by atoms with E-state index in [4.69, 9.17) is 0 Å². The number of amides is 1. The predicted octanol–water partition coefficient (Wildman–Crippen LogP) is 5.11. The highest BCUT2D eigenvalue weighted by Crippen LogP contribution is 2.46. The van der Waals surface area contributed by atoms with Crippen molar-refractivity contribution in [2.24, 2.45) is 0 Å².